The van der Waals surface area contributed by atoms with E-state index >= 15 is 0 Å². The fourth-order valence-corrected chi connectivity index (χ4v) is 1.52. The van der Waals surface area contributed by atoms with Crippen molar-refractivity contribution >= 4 is 17.5 Å². The molecule has 0 saturated heterocycles. The van der Waals surface area contributed by atoms with Crippen molar-refractivity contribution in [2.24, 2.45) is 0 Å². The summed E-state index contributed by atoms with van der Waals surface area (Å²) in [6.45, 7) is 5.25. The number of carbonyl (C=O) groups is 1. The predicted octanol–water partition coefficient (Wildman–Crippen LogP) is 2.88. The summed E-state index contributed by atoms with van der Waals surface area (Å²) >= 11 is 5.81. The van der Waals surface area contributed by atoms with Gasteiger partial charge in [-0.05, 0) is 38.5 Å². The van der Waals surface area contributed by atoms with Crippen LogP contribution in [0.1, 0.15) is 30.6 Å². The first-order valence-corrected chi connectivity index (χ1v) is 6.13. The Labute approximate surface area is 107 Å². The molecule has 0 saturated carbocycles. The molecule has 1 N–H and O–H groups in total. The van der Waals surface area contributed by atoms with Gasteiger partial charge in [0.25, 0.3) is 5.91 Å². The third kappa shape index (κ3) is 5.71. The number of ether oxygens (including phenoxy) is 1. The summed E-state index contributed by atoms with van der Waals surface area (Å²) in [5.41, 5.74) is 0.585. The maximum Gasteiger partial charge on any atom is 0.251 e. The topological polar surface area (TPSA) is 38.3 Å². The van der Waals surface area contributed by atoms with Gasteiger partial charge in [-0.3, -0.25) is 4.79 Å². The SMILES string of the molecule is CC(C)OCCCNC(=O)c1cccc(Cl)c1. The summed E-state index contributed by atoms with van der Waals surface area (Å²) in [5.74, 6) is -0.1000. The van der Waals surface area contributed by atoms with Crippen LogP contribution in [0, 0.1) is 0 Å². The number of hydrogen-bond donors (Lipinski definition) is 1. The summed E-state index contributed by atoms with van der Waals surface area (Å²) in [6.07, 6.45) is 1.04. The van der Waals surface area contributed by atoms with Crippen LogP contribution in [0.3, 0.4) is 0 Å². The van der Waals surface area contributed by atoms with E-state index < -0.39 is 0 Å². The predicted molar refractivity (Wildman–Crippen MR) is 69.5 cm³/mol. The molecule has 4 heteroatoms. The Hall–Kier alpha value is -1.06. The Morgan fingerprint density at radius 3 is 2.88 bits per heavy atom. The van der Waals surface area contributed by atoms with Crippen LogP contribution < -0.4 is 5.32 Å². The number of nitrogens with one attached hydrogen (secondary N) is 1. The van der Waals surface area contributed by atoms with Gasteiger partial charge >= 0.3 is 0 Å². The van der Waals surface area contributed by atoms with Crippen molar-refractivity contribution in [3.8, 4) is 0 Å². The number of amides is 1. The molecule has 0 radical (unpaired) electrons. The molecule has 1 aromatic carbocycles. The average molecular weight is 256 g/mol. The molecule has 0 bridgehead atoms. The lowest BCUT2D eigenvalue weighted by molar-refractivity contribution is 0.0757. The number of rotatable bonds is 6. The van der Waals surface area contributed by atoms with Crippen LogP contribution in [-0.2, 0) is 4.74 Å². The van der Waals surface area contributed by atoms with Gasteiger partial charge in [-0.1, -0.05) is 17.7 Å². The highest BCUT2D eigenvalue weighted by molar-refractivity contribution is 6.30. The first-order chi connectivity index (χ1) is 8.09. The molecule has 17 heavy (non-hydrogen) atoms. The molecule has 0 spiro atoms. The van der Waals surface area contributed by atoms with E-state index in [-0.39, 0.29) is 12.0 Å². The van der Waals surface area contributed by atoms with Gasteiger partial charge in [-0.2, -0.15) is 0 Å². The summed E-state index contributed by atoms with van der Waals surface area (Å²) in [6, 6.07) is 6.90. The molecule has 0 aromatic heterocycles. The van der Waals surface area contributed by atoms with Gasteiger partial charge < -0.3 is 10.1 Å². The first-order valence-electron chi connectivity index (χ1n) is 5.75. The number of carbonyl (C=O) groups excluding carboxylic acids is 1. The molecule has 0 aliphatic rings. The van der Waals surface area contributed by atoms with Gasteiger partial charge in [0, 0.05) is 23.7 Å². The Morgan fingerprint density at radius 2 is 2.24 bits per heavy atom. The van der Waals surface area contributed by atoms with E-state index in [0.717, 1.165) is 6.42 Å². The second-order valence-corrected chi connectivity index (χ2v) is 4.48. The van der Waals surface area contributed by atoms with Gasteiger partial charge in [0.15, 0.2) is 0 Å². The highest BCUT2D eigenvalue weighted by atomic mass is 35.5. The van der Waals surface area contributed by atoms with Crippen LogP contribution in [0.25, 0.3) is 0 Å². The number of benzene rings is 1. The minimum Gasteiger partial charge on any atom is -0.379 e. The highest BCUT2D eigenvalue weighted by Gasteiger charge is 2.04. The molecular weight excluding hydrogens is 238 g/mol. The van der Waals surface area contributed by atoms with Crippen molar-refractivity contribution in [1.82, 2.24) is 5.32 Å². The lowest BCUT2D eigenvalue weighted by Crippen LogP contribution is -2.25. The molecule has 1 aromatic rings. The van der Waals surface area contributed by atoms with E-state index in [2.05, 4.69) is 5.32 Å². The largest absolute Gasteiger partial charge is 0.379 e. The van der Waals surface area contributed by atoms with E-state index in [0.29, 0.717) is 23.7 Å². The first kappa shape index (κ1) is 14.0. The van der Waals surface area contributed by atoms with Crippen molar-refractivity contribution in [2.75, 3.05) is 13.2 Å². The maximum absolute atomic E-state index is 11.7. The Bertz CT molecular complexity index is 366. The molecule has 0 aliphatic heterocycles. The monoisotopic (exact) mass is 255 g/mol. The third-order valence-corrected chi connectivity index (χ3v) is 2.38. The van der Waals surface area contributed by atoms with Gasteiger partial charge in [-0.15, -0.1) is 0 Å². The molecular formula is C13H18ClNO2. The van der Waals surface area contributed by atoms with Crippen molar-refractivity contribution in [2.45, 2.75) is 26.4 Å². The smallest absolute Gasteiger partial charge is 0.251 e. The molecule has 1 amide bonds. The van der Waals surface area contributed by atoms with Crippen LogP contribution in [0.5, 0.6) is 0 Å². The average Bonchev–Trinajstić information content (AvgIpc) is 2.28. The molecule has 0 atom stereocenters. The zero-order valence-corrected chi connectivity index (χ0v) is 11.0. The summed E-state index contributed by atoms with van der Waals surface area (Å²) in [5, 5.41) is 3.39. The van der Waals surface area contributed by atoms with Crippen molar-refractivity contribution in [3.63, 3.8) is 0 Å². The Balaban J connectivity index is 2.26. The van der Waals surface area contributed by atoms with E-state index in [9.17, 15) is 4.79 Å². The second kappa shape index (κ2) is 7.30. The molecule has 3 nitrogen and oxygen atoms in total. The molecule has 0 fully saturated rings. The Kier molecular flexibility index (Phi) is 6.01. The number of halogens is 1. The van der Waals surface area contributed by atoms with Crippen molar-refractivity contribution in [1.29, 1.82) is 0 Å². The fourth-order valence-electron chi connectivity index (χ4n) is 1.32. The lowest BCUT2D eigenvalue weighted by atomic mass is 10.2. The van der Waals surface area contributed by atoms with Crippen molar-refractivity contribution < 1.29 is 9.53 Å². The molecule has 1 rings (SSSR count). The van der Waals surface area contributed by atoms with E-state index in [1.165, 1.54) is 0 Å². The second-order valence-electron chi connectivity index (χ2n) is 4.04. The zero-order chi connectivity index (χ0) is 12.7. The van der Waals surface area contributed by atoms with Gasteiger partial charge in [0.05, 0.1) is 6.10 Å². The Morgan fingerprint density at radius 1 is 1.47 bits per heavy atom. The summed E-state index contributed by atoms with van der Waals surface area (Å²) < 4.78 is 5.38. The zero-order valence-electron chi connectivity index (χ0n) is 10.2. The minimum atomic E-state index is -0.1000. The van der Waals surface area contributed by atoms with Crippen LogP contribution in [0.15, 0.2) is 24.3 Å². The van der Waals surface area contributed by atoms with Crippen molar-refractivity contribution in [3.05, 3.63) is 34.9 Å². The maximum atomic E-state index is 11.7. The van der Waals surface area contributed by atoms with Gasteiger partial charge in [0.2, 0.25) is 0 Å². The van der Waals surface area contributed by atoms with E-state index in [1.54, 1.807) is 24.3 Å². The highest BCUT2D eigenvalue weighted by Crippen LogP contribution is 2.10. The standard InChI is InChI=1S/C13H18ClNO2/c1-10(2)17-8-4-7-15-13(16)11-5-3-6-12(14)9-11/h3,5-6,9-10H,4,7-8H2,1-2H3,(H,15,16). The van der Waals surface area contributed by atoms with Crippen LogP contribution in [-0.4, -0.2) is 25.2 Å². The molecule has 0 unspecified atom stereocenters. The van der Waals surface area contributed by atoms with Crippen LogP contribution in [0.4, 0.5) is 0 Å². The van der Waals surface area contributed by atoms with Crippen LogP contribution in [0.2, 0.25) is 5.02 Å². The summed E-state index contributed by atoms with van der Waals surface area (Å²) in [7, 11) is 0. The quantitative estimate of drug-likeness (QED) is 0.794. The molecule has 0 aliphatic carbocycles. The van der Waals surface area contributed by atoms with E-state index in [1.807, 2.05) is 13.8 Å². The van der Waals surface area contributed by atoms with E-state index in [4.69, 9.17) is 16.3 Å². The van der Waals surface area contributed by atoms with Gasteiger partial charge in [0.1, 0.15) is 0 Å². The number of hydrogen-bond acceptors (Lipinski definition) is 2. The molecule has 0 heterocycles. The summed E-state index contributed by atoms with van der Waals surface area (Å²) in [4.78, 5) is 11.7. The lowest BCUT2D eigenvalue weighted by Gasteiger charge is -2.08. The minimum absolute atomic E-state index is 0.1000. The third-order valence-electron chi connectivity index (χ3n) is 2.14. The van der Waals surface area contributed by atoms with Crippen LogP contribution >= 0.6 is 11.6 Å². The molecule has 94 valence electrons. The van der Waals surface area contributed by atoms with Gasteiger partial charge in [-0.25, -0.2) is 0 Å². The fraction of sp³-hybridized carbons (Fsp3) is 0.462. The normalized spacial score (nSPS) is 10.6.